The van der Waals surface area contributed by atoms with Gasteiger partial charge < -0.3 is 19.7 Å². The zero-order valence-corrected chi connectivity index (χ0v) is 20.6. The number of aliphatic hydroxyl groups excluding tert-OH is 1. The van der Waals surface area contributed by atoms with Crippen molar-refractivity contribution in [3.05, 3.63) is 86.4 Å². The Hall–Kier alpha value is -3.39. The number of phenols is 1. The lowest BCUT2D eigenvalue weighted by Crippen LogP contribution is -2.29. The monoisotopic (exact) mass is 533 g/mol. The standard InChI is InChI=1S/C25H18Cl3NO6/c1-34-19-8-5-14(11-17(19)27)29-21(12-3-6-15(30)7-4-12)20(23(32)25(29)33)22(31)16-9-13(26)10-18(28)24(16)35-2/h3-11,21,30-31H,1-2H3/b22-20+. The fraction of sp³-hybridized carbons (Fsp3) is 0.120. The molecule has 4 rings (SSSR count). The predicted molar refractivity (Wildman–Crippen MR) is 134 cm³/mol. The molecule has 1 aliphatic rings. The lowest BCUT2D eigenvalue weighted by atomic mass is 9.94. The molecular formula is C25H18Cl3NO6. The van der Waals surface area contributed by atoms with Gasteiger partial charge in [-0.25, -0.2) is 0 Å². The number of hydrogen-bond acceptors (Lipinski definition) is 6. The lowest BCUT2D eigenvalue weighted by Gasteiger charge is -2.26. The Labute approximate surface area is 215 Å². The van der Waals surface area contributed by atoms with Crippen molar-refractivity contribution in [1.82, 2.24) is 0 Å². The number of anilines is 1. The number of benzene rings is 3. The van der Waals surface area contributed by atoms with Crippen molar-refractivity contribution in [1.29, 1.82) is 0 Å². The molecule has 3 aromatic rings. The molecule has 1 unspecified atom stereocenters. The summed E-state index contributed by atoms with van der Waals surface area (Å²) >= 11 is 18.7. The molecule has 0 spiro atoms. The minimum atomic E-state index is -1.07. The van der Waals surface area contributed by atoms with Crippen molar-refractivity contribution in [2.24, 2.45) is 0 Å². The number of carbonyl (C=O) groups excluding carboxylic acids is 2. The first-order valence-corrected chi connectivity index (χ1v) is 11.3. The SMILES string of the molecule is COc1ccc(N2C(=O)C(=O)/C(=C(/O)c3cc(Cl)cc(Cl)c3OC)C2c2ccc(O)cc2)cc1Cl. The minimum Gasteiger partial charge on any atom is -0.508 e. The number of aromatic hydroxyl groups is 1. The van der Waals surface area contributed by atoms with Crippen LogP contribution >= 0.6 is 34.8 Å². The predicted octanol–water partition coefficient (Wildman–Crippen LogP) is 6.00. The third-order valence-corrected chi connectivity index (χ3v) is 6.33. The molecule has 180 valence electrons. The lowest BCUT2D eigenvalue weighted by molar-refractivity contribution is -0.132. The molecule has 0 aromatic heterocycles. The molecule has 3 aromatic carbocycles. The van der Waals surface area contributed by atoms with Crippen molar-refractivity contribution < 1.29 is 29.3 Å². The highest BCUT2D eigenvalue weighted by atomic mass is 35.5. The highest BCUT2D eigenvalue weighted by molar-refractivity contribution is 6.52. The highest BCUT2D eigenvalue weighted by Crippen LogP contribution is 2.46. The molecule has 7 nitrogen and oxygen atoms in total. The molecule has 0 bridgehead atoms. The van der Waals surface area contributed by atoms with Crippen LogP contribution in [0.5, 0.6) is 17.2 Å². The Balaban J connectivity index is 2.00. The third-order valence-electron chi connectivity index (χ3n) is 5.53. The largest absolute Gasteiger partial charge is 0.508 e. The molecule has 1 heterocycles. The normalized spacial score (nSPS) is 17.1. The van der Waals surface area contributed by atoms with Crippen molar-refractivity contribution in [2.45, 2.75) is 6.04 Å². The van der Waals surface area contributed by atoms with Gasteiger partial charge in [-0.05, 0) is 48.0 Å². The van der Waals surface area contributed by atoms with Gasteiger partial charge in [-0.15, -0.1) is 0 Å². The Morgan fingerprint density at radius 2 is 1.60 bits per heavy atom. The number of halogens is 3. The first-order valence-electron chi connectivity index (χ1n) is 10.1. The van der Waals surface area contributed by atoms with Gasteiger partial charge in [-0.2, -0.15) is 0 Å². The van der Waals surface area contributed by atoms with Crippen LogP contribution < -0.4 is 14.4 Å². The third kappa shape index (κ3) is 4.38. The van der Waals surface area contributed by atoms with E-state index in [1.807, 2.05) is 0 Å². The molecule has 1 fully saturated rings. The van der Waals surface area contributed by atoms with E-state index in [0.29, 0.717) is 17.0 Å². The first kappa shape index (κ1) is 24.7. The van der Waals surface area contributed by atoms with E-state index in [0.717, 1.165) is 0 Å². The van der Waals surface area contributed by atoms with Crippen LogP contribution in [0, 0.1) is 0 Å². The van der Waals surface area contributed by atoms with Gasteiger partial charge in [0.15, 0.2) is 0 Å². The number of hydrogen-bond donors (Lipinski definition) is 2. The maximum absolute atomic E-state index is 13.3. The molecule has 1 saturated heterocycles. The Morgan fingerprint density at radius 3 is 2.20 bits per heavy atom. The van der Waals surface area contributed by atoms with Gasteiger partial charge in [-0.1, -0.05) is 46.9 Å². The summed E-state index contributed by atoms with van der Waals surface area (Å²) in [7, 11) is 2.80. The molecule has 35 heavy (non-hydrogen) atoms. The van der Waals surface area contributed by atoms with Crippen LogP contribution in [0.2, 0.25) is 15.1 Å². The second-order valence-corrected chi connectivity index (χ2v) is 8.80. The summed E-state index contributed by atoms with van der Waals surface area (Å²) in [6.07, 6.45) is 0. The van der Waals surface area contributed by atoms with Crippen LogP contribution in [0.3, 0.4) is 0 Å². The number of nitrogens with zero attached hydrogens (tertiary/aromatic N) is 1. The van der Waals surface area contributed by atoms with Gasteiger partial charge in [0.1, 0.15) is 23.0 Å². The second kappa shape index (κ2) is 9.70. The van der Waals surface area contributed by atoms with Gasteiger partial charge in [0.2, 0.25) is 0 Å². The van der Waals surface area contributed by atoms with Gasteiger partial charge in [0, 0.05) is 10.7 Å². The van der Waals surface area contributed by atoms with E-state index in [1.54, 1.807) is 24.3 Å². The number of aliphatic hydroxyl groups is 1. The Kier molecular flexibility index (Phi) is 6.85. The minimum absolute atomic E-state index is 0.0125. The number of phenolic OH excluding ortho intramolecular Hbond substituents is 1. The summed E-state index contributed by atoms with van der Waals surface area (Å²) in [5.41, 5.74) is 0.567. The van der Waals surface area contributed by atoms with Crippen LogP contribution in [0.25, 0.3) is 5.76 Å². The molecule has 0 aliphatic carbocycles. The molecule has 2 N–H and O–H groups in total. The number of ether oxygens (including phenoxy) is 2. The summed E-state index contributed by atoms with van der Waals surface area (Å²) in [6, 6.07) is 12.3. The second-order valence-electron chi connectivity index (χ2n) is 7.55. The van der Waals surface area contributed by atoms with E-state index in [9.17, 15) is 19.8 Å². The number of amides is 1. The molecule has 1 aliphatic heterocycles. The number of methoxy groups -OCH3 is 2. The van der Waals surface area contributed by atoms with Crippen molar-refractivity contribution in [3.8, 4) is 17.2 Å². The summed E-state index contributed by atoms with van der Waals surface area (Å²) in [5, 5.41) is 21.6. The zero-order valence-electron chi connectivity index (χ0n) is 18.4. The number of Topliss-reactive ketones (excluding diaryl/α,β-unsaturated/α-hetero) is 1. The van der Waals surface area contributed by atoms with Crippen molar-refractivity contribution in [3.63, 3.8) is 0 Å². The van der Waals surface area contributed by atoms with E-state index in [1.165, 1.54) is 49.5 Å². The average Bonchev–Trinajstić information content (AvgIpc) is 3.09. The van der Waals surface area contributed by atoms with Crippen LogP contribution in [0.1, 0.15) is 17.2 Å². The summed E-state index contributed by atoms with van der Waals surface area (Å²) in [6.45, 7) is 0. The molecule has 10 heteroatoms. The maximum Gasteiger partial charge on any atom is 0.300 e. The van der Waals surface area contributed by atoms with E-state index in [2.05, 4.69) is 0 Å². The Bertz CT molecular complexity index is 1370. The van der Waals surface area contributed by atoms with Crippen molar-refractivity contribution >= 4 is 57.9 Å². The smallest absolute Gasteiger partial charge is 0.300 e. The Morgan fingerprint density at radius 1 is 0.914 bits per heavy atom. The van der Waals surface area contributed by atoms with Crippen LogP contribution in [0.15, 0.2) is 60.2 Å². The molecular weight excluding hydrogens is 517 g/mol. The van der Waals surface area contributed by atoms with Crippen molar-refractivity contribution in [2.75, 3.05) is 19.1 Å². The summed E-state index contributed by atoms with van der Waals surface area (Å²) < 4.78 is 10.5. The topological polar surface area (TPSA) is 96.3 Å². The quantitative estimate of drug-likeness (QED) is 0.237. The molecule has 0 saturated carbocycles. The molecule has 0 radical (unpaired) electrons. The molecule has 1 amide bonds. The zero-order chi connectivity index (χ0) is 25.4. The van der Waals surface area contributed by atoms with E-state index in [4.69, 9.17) is 44.3 Å². The summed E-state index contributed by atoms with van der Waals surface area (Å²) in [5.74, 6) is -1.90. The van der Waals surface area contributed by atoms with E-state index in [-0.39, 0.29) is 37.7 Å². The van der Waals surface area contributed by atoms with Crippen LogP contribution in [-0.2, 0) is 9.59 Å². The van der Waals surface area contributed by atoms with E-state index < -0.39 is 23.5 Å². The van der Waals surface area contributed by atoms with Gasteiger partial charge >= 0.3 is 0 Å². The highest BCUT2D eigenvalue weighted by Gasteiger charge is 2.47. The number of carbonyl (C=O) groups is 2. The average molecular weight is 535 g/mol. The number of rotatable bonds is 5. The summed E-state index contributed by atoms with van der Waals surface area (Å²) in [4.78, 5) is 27.8. The van der Waals surface area contributed by atoms with Gasteiger partial charge in [0.05, 0.1) is 41.4 Å². The number of ketones is 1. The molecule has 1 atom stereocenters. The fourth-order valence-corrected chi connectivity index (χ4v) is 4.79. The fourth-order valence-electron chi connectivity index (χ4n) is 3.96. The van der Waals surface area contributed by atoms with Gasteiger partial charge in [0.25, 0.3) is 11.7 Å². The van der Waals surface area contributed by atoms with Crippen LogP contribution in [-0.4, -0.2) is 36.1 Å². The van der Waals surface area contributed by atoms with Crippen LogP contribution in [0.4, 0.5) is 5.69 Å². The maximum atomic E-state index is 13.3. The van der Waals surface area contributed by atoms with E-state index >= 15 is 0 Å². The first-order chi connectivity index (χ1) is 16.7. The van der Waals surface area contributed by atoms with Gasteiger partial charge in [-0.3, -0.25) is 14.5 Å².